The van der Waals surface area contributed by atoms with Crippen molar-refractivity contribution < 1.29 is 14.3 Å². The van der Waals surface area contributed by atoms with Gasteiger partial charge in [-0.1, -0.05) is 48.0 Å². The molecule has 0 saturated carbocycles. The fourth-order valence-corrected chi connectivity index (χ4v) is 5.36. The van der Waals surface area contributed by atoms with Crippen LogP contribution in [0.5, 0.6) is 5.75 Å². The van der Waals surface area contributed by atoms with Gasteiger partial charge in [-0.25, -0.2) is 0 Å². The summed E-state index contributed by atoms with van der Waals surface area (Å²) in [6, 6.07) is 24.7. The van der Waals surface area contributed by atoms with Crippen LogP contribution in [0, 0.1) is 18.3 Å². The Kier molecular flexibility index (Phi) is 7.04. The molecular weight excluding hydrogens is 506 g/mol. The fraction of sp³-hybridized carbons (Fsp3) is 0.138. The average molecular weight is 528 g/mol. The maximum Gasteiger partial charge on any atom is 0.293 e. The lowest BCUT2D eigenvalue weighted by Gasteiger charge is -2.13. The minimum atomic E-state index is -0.333. The van der Waals surface area contributed by atoms with Crippen molar-refractivity contribution >= 4 is 51.5 Å². The van der Waals surface area contributed by atoms with Gasteiger partial charge in [0.1, 0.15) is 12.4 Å². The van der Waals surface area contributed by atoms with Crippen LogP contribution in [0.3, 0.4) is 0 Å². The van der Waals surface area contributed by atoms with Gasteiger partial charge in [-0.3, -0.25) is 14.5 Å². The molecule has 2 heterocycles. The Balaban J connectivity index is 1.40. The van der Waals surface area contributed by atoms with Gasteiger partial charge in [-0.2, -0.15) is 5.26 Å². The molecule has 0 atom stereocenters. The summed E-state index contributed by atoms with van der Waals surface area (Å²) in [5, 5.41) is 10.8. The fourth-order valence-electron chi connectivity index (χ4n) is 4.39. The lowest BCUT2D eigenvalue weighted by atomic mass is 10.1. The normalized spacial score (nSPS) is 14.5. The lowest BCUT2D eigenvalue weighted by Crippen LogP contribution is -2.32. The summed E-state index contributed by atoms with van der Waals surface area (Å²) >= 11 is 6.83. The van der Waals surface area contributed by atoms with Gasteiger partial charge in [0, 0.05) is 33.7 Å². The predicted octanol–water partition coefficient (Wildman–Crippen LogP) is 6.64. The second-order valence-corrected chi connectivity index (χ2v) is 9.94. The summed E-state index contributed by atoms with van der Waals surface area (Å²) in [6.45, 7) is 2.85. The first kappa shape index (κ1) is 24.7. The number of carbonyl (C=O) groups is 2. The summed E-state index contributed by atoms with van der Waals surface area (Å²) in [6.07, 6.45) is 1.80. The van der Waals surface area contributed by atoms with Gasteiger partial charge >= 0.3 is 0 Å². The summed E-state index contributed by atoms with van der Waals surface area (Å²) in [5.74, 6) is 0.286. The van der Waals surface area contributed by atoms with Crippen LogP contribution in [0.2, 0.25) is 5.02 Å². The van der Waals surface area contributed by atoms with Gasteiger partial charge in [0.15, 0.2) is 0 Å². The summed E-state index contributed by atoms with van der Waals surface area (Å²) < 4.78 is 7.81. The summed E-state index contributed by atoms with van der Waals surface area (Å²) in [7, 11) is 0. The van der Waals surface area contributed by atoms with E-state index in [0.29, 0.717) is 27.8 Å². The molecule has 1 aromatic heterocycles. The molecule has 5 rings (SSSR count). The van der Waals surface area contributed by atoms with Gasteiger partial charge < -0.3 is 9.30 Å². The standard InChI is InChI=1S/C29H22ClN3O3S/c1-19-25(24-8-4-5-9-26(24)33(19)18-21-7-3-2-6-20(21)17-31)16-27-28(34)32(29(35)37-27)14-15-36-23-12-10-22(30)11-13-23/h2-13,16H,14-15,18H2,1H3/b27-16-. The minimum absolute atomic E-state index is 0.149. The van der Waals surface area contributed by atoms with Gasteiger partial charge in [-0.05, 0) is 66.7 Å². The Labute approximate surface area is 223 Å². The van der Waals surface area contributed by atoms with E-state index in [1.165, 1.54) is 4.90 Å². The van der Waals surface area contributed by atoms with Crippen molar-refractivity contribution in [2.24, 2.45) is 0 Å². The first-order chi connectivity index (χ1) is 18.0. The molecule has 6 nitrogen and oxygen atoms in total. The highest BCUT2D eigenvalue weighted by atomic mass is 35.5. The number of halogens is 1. The second-order valence-electron chi connectivity index (χ2n) is 8.51. The van der Waals surface area contributed by atoms with E-state index >= 15 is 0 Å². The van der Waals surface area contributed by atoms with Crippen molar-refractivity contribution in [2.45, 2.75) is 13.5 Å². The molecule has 2 amide bonds. The number of thioether (sulfide) groups is 1. The third-order valence-electron chi connectivity index (χ3n) is 6.29. The number of imide groups is 1. The molecule has 184 valence electrons. The van der Waals surface area contributed by atoms with Crippen LogP contribution in [0.1, 0.15) is 22.4 Å². The molecule has 37 heavy (non-hydrogen) atoms. The molecule has 0 spiro atoms. The Hall–Kier alpha value is -3.99. The molecule has 1 aliphatic rings. The zero-order valence-electron chi connectivity index (χ0n) is 20.0. The van der Waals surface area contributed by atoms with Crippen molar-refractivity contribution in [1.82, 2.24) is 9.47 Å². The maximum atomic E-state index is 13.1. The first-order valence-corrected chi connectivity index (χ1v) is 12.9. The average Bonchev–Trinajstić information content (AvgIpc) is 3.33. The Morgan fingerprint density at radius 1 is 1.03 bits per heavy atom. The zero-order chi connectivity index (χ0) is 25.9. The topological polar surface area (TPSA) is 75.3 Å². The molecular formula is C29H22ClN3O3S. The van der Waals surface area contributed by atoms with Crippen molar-refractivity contribution in [1.29, 1.82) is 5.26 Å². The lowest BCUT2D eigenvalue weighted by molar-refractivity contribution is -0.123. The molecule has 0 aliphatic carbocycles. The molecule has 1 fully saturated rings. The van der Waals surface area contributed by atoms with Gasteiger partial charge in [0.05, 0.1) is 23.1 Å². The van der Waals surface area contributed by atoms with E-state index in [9.17, 15) is 14.9 Å². The number of benzene rings is 3. The molecule has 0 bridgehead atoms. The third kappa shape index (κ3) is 4.99. The number of hydrogen-bond donors (Lipinski definition) is 0. The Morgan fingerprint density at radius 3 is 2.54 bits per heavy atom. The minimum Gasteiger partial charge on any atom is -0.492 e. The Bertz CT molecular complexity index is 1580. The molecule has 0 radical (unpaired) electrons. The van der Waals surface area contributed by atoms with Gasteiger partial charge in [-0.15, -0.1) is 0 Å². The van der Waals surface area contributed by atoms with Crippen LogP contribution in [-0.2, 0) is 11.3 Å². The largest absolute Gasteiger partial charge is 0.492 e. The molecule has 1 saturated heterocycles. The van der Waals surface area contributed by atoms with E-state index in [4.69, 9.17) is 16.3 Å². The summed E-state index contributed by atoms with van der Waals surface area (Å²) in [4.78, 5) is 27.4. The number of amides is 2. The quantitative estimate of drug-likeness (QED) is 0.252. The van der Waals surface area contributed by atoms with Gasteiger partial charge in [0.2, 0.25) is 0 Å². The number of rotatable bonds is 7. The number of carbonyl (C=O) groups excluding carboxylic acids is 2. The SMILES string of the molecule is Cc1c(/C=C2\SC(=O)N(CCOc3ccc(Cl)cc3)C2=O)c2ccccc2n1Cc1ccccc1C#N. The maximum absolute atomic E-state index is 13.1. The van der Waals surface area contributed by atoms with Gasteiger partial charge in [0.25, 0.3) is 11.1 Å². The van der Waals surface area contributed by atoms with Crippen LogP contribution >= 0.6 is 23.4 Å². The zero-order valence-corrected chi connectivity index (χ0v) is 21.6. The highest BCUT2D eigenvalue weighted by Gasteiger charge is 2.35. The smallest absolute Gasteiger partial charge is 0.293 e. The molecule has 4 aromatic rings. The summed E-state index contributed by atoms with van der Waals surface area (Å²) in [5.41, 5.74) is 4.37. The number of nitriles is 1. The number of nitrogens with zero attached hydrogens (tertiary/aromatic N) is 3. The van der Waals surface area contributed by atoms with Crippen LogP contribution in [0.4, 0.5) is 4.79 Å². The van der Waals surface area contributed by atoms with Crippen molar-refractivity contribution in [3.8, 4) is 11.8 Å². The molecule has 8 heteroatoms. The number of fused-ring (bicyclic) bond motifs is 1. The van der Waals surface area contributed by atoms with Crippen molar-refractivity contribution in [3.05, 3.63) is 105 Å². The second kappa shape index (κ2) is 10.6. The number of para-hydroxylation sites is 1. The van der Waals surface area contributed by atoms with E-state index in [-0.39, 0.29) is 24.3 Å². The number of ether oxygens (including phenoxy) is 1. The highest BCUT2D eigenvalue weighted by Crippen LogP contribution is 2.36. The Morgan fingerprint density at radius 2 is 1.76 bits per heavy atom. The van der Waals surface area contributed by atoms with Crippen LogP contribution in [-0.4, -0.2) is 33.8 Å². The molecule has 0 N–H and O–H groups in total. The van der Waals surface area contributed by atoms with E-state index in [0.717, 1.165) is 39.5 Å². The third-order valence-corrected chi connectivity index (χ3v) is 7.45. The van der Waals surface area contributed by atoms with E-state index < -0.39 is 0 Å². The van der Waals surface area contributed by atoms with Crippen LogP contribution < -0.4 is 4.74 Å². The van der Waals surface area contributed by atoms with E-state index in [1.54, 1.807) is 30.3 Å². The van der Waals surface area contributed by atoms with Crippen molar-refractivity contribution in [2.75, 3.05) is 13.2 Å². The molecule has 0 unspecified atom stereocenters. The van der Waals surface area contributed by atoms with Crippen LogP contribution in [0.15, 0.2) is 77.7 Å². The number of hydrogen-bond acceptors (Lipinski definition) is 5. The molecule has 3 aromatic carbocycles. The molecule has 1 aliphatic heterocycles. The first-order valence-electron chi connectivity index (χ1n) is 11.7. The van der Waals surface area contributed by atoms with Crippen LogP contribution in [0.25, 0.3) is 17.0 Å². The predicted molar refractivity (Wildman–Crippen MR) is 147 cm³/mol. The monoisotopic (exact) mass is 527 g/mol. The van der Waals surface area contributed by atoms with E-state index in [2.05, 4.69) is 10.6 Å². The van der Waals surface area contributed by atoms with E-state index in [1.807, 2.05) is 55.5 Å². The number of aromatic nitrogens is 1. The van der Waals surface area contributed by atoms with Crippen molar-refractivity contribution in [3.63, 3.8) is 0 Å². The highest BCUT2D eigenvalue weighted by molar-refractivity contribution is 8.18.